The molecule has 0 spiro atoms. The van der Waals surface area contributed by atoms with Crippen LogP contribution in [0.4, 0.5) is 5.69 Å². The van der Waals surface area contributed by atoms with Crippen LogP contribution in [0.1, 0.15) is 11.5 Å². The third-order valence-electron chi connectivity index (χ3n) is 4.27. The molecule has 2 aromatic rings. The van der Waals surface area contributed by atoms with Crippen LogP contribution in [0.2, 0.25) is 0 Å². The highest BCUT2D eigenvalue weighted by Gasteiger charge is 2.20. The SMILES string of the molecule is COc1ccc(NC(=O)CN2CCN(Cc3cc(C)on3)CC2)cc1. The number of aromatic nitrogens is 1. The first-order valence-electron chi connectivity index (χ1n) is 8.43. The number of rotatable bonds is 6. The third-order valence-corrected chi connectivity index (χ3v) is 4.27. The van der Waals surface area contributed by atoms with Crippen LogP contribution in [0.3, 0.4) is 0 Å². The first kappa shape index (κ1) is 17.4. The number of benzene rings is 1. The fourth-order valence-corrected chi connectivity index (χ4v) is 2.91. The molecule has 1 aliphatic rings. The second-order valence-corrected chi connectivity index (χ2v) is 6.26. The van der Waals surface area contributed by atoms with E-state index < -0.39 is 0 Å². The highest BCUT2D eigenvalue weighted by molar-refractivity contribution is 5.92. The van der Waals surface area contributed by atoms with E-state index in [1.807, 2.05) is 37.3 Å². The number of nitrogens with one attached hydrogen (secondary N) is 1. The van der Waals surface area contributed by atoms with E-state index in [0.717, 1.165) is 55.6 Å². The lowest BCUT2D eigenvalue weighted by molar-refractivity contribution is -0.117. The smallest absolute Gasteiger partial charge is 0.238 e. The minimum Gasteiger partial charge on any atom is -0.497 e. The molecule has 1 aliphatic heterocycles. The Morgan fingerprint density at radius 1 is 1.20 bits per heavy atom. The highest BCUT2D eigenvalue weighted by atomic mass is 16.5. The van der Waals surface area contributed by atoms with Gasteiger partial charge in [0.2, 0.25) is 5.91 Å². The maximum absolute atomic E-state index is 12.2. The zero-order valence-corrected chi connectivity index (χ0v) is 14.7. The van der Waals surface area contributed by atoms with E-state index in [-0.39, 0.29) is 5.91 Å². The van der Waals surface area contributed by atoms with E-state index in [1.54, 1.807) is 7.11 Å². The van der Waals surface area contributed by atoms with Gasteiger partial charge in [0.1, 0.15) is 11.5 Å². The summed E-state index contributed by atoms with van der Waals surface area (Å²) >= 11 is 0. The average Bonchev–Trinajstić information content (AvgIpc) is 3.02. The molecule has 1 N–H and O–H groups in total. The van der Waals surface area contributed by atoms with Crippen molar-refractivity contribution in [3.8, 4) is 5.75 Å². The predicted molar refractivity (Wildman–Crippen MR) is 94.6 cm³/mol. The summed E-state index contributed by atoms with van der Waals surface area (Å²) in [4.78, 5) is 16.7. The average molecular weight is 344 g/mol. The summed E-state index contributed by atoms with van der Waals surface area (Å²) in [6, 6.07) is 9.32. The Kier molecular flexibility index (Phi) is 5.67. The molecule has 1 amide bonds. The minimum absolute atomic E-state index is 0.00532. The van der Waals surface area contributed by atoms with Gasteiger partial charge in [-0.25, -0.2) is 0 Å². The van der Waals surface area contributed by atoms with E-state index in [1.165, 1.54) is 0 Å². The molecule has 25 heavy (non-hydrogen) atoms. The molecule has 0 atom stereocenters. The lowest BCUT2D eigenvalue weighted by Crippen LogP contribution is -2.48. The molecule has 7 nitrogen and oxygen atoms in total. The summed E-state index contributed by atoms with van der Waals surface area (Å²) in [5, 5.41) is 6.96. The quantitative estimate of drug-likeness (QED) is 0.861. The number of hydrogen-bond donors (Lipinski definition) is 1. The number of aryl methyl sites for hydroxylation is 1. The molecule has 3 rings (SSSR count). The van der Waals surface area contributed by atoms with Crippen molar-refractivity contribution in [2.24, 2.45) is 0 Å². The monoisotopic (exact) mass is 344 g/mol. The van der Waals surface area contributed by atoms with Crippen LogP contribution in [0.25, 0.3) is 0 Å². The van der Waals surface area contributed by atoms with Crippen LogP contribution in [-0.2, 0) is 11.3 Å². The van der Waals surface area contributed by atoms with Gasteiger partial charge in [-0.2, -0.15) is 0 Å². The molecule has 2 heterocycles. The molecular weight excluding hydrogens is 320 g/mol. The Labute approximate surface area is 147 Å². The molecule has 1 fully saturated rings. The Balaban J connectivity index is 1.41. The molecule has 0 saturated carbocycles. The van der Waals surface area contributed by atoms with Gasteiger partial charge in [0.25, 0.3) is 0 Å². The van der Waals surface area contributed by atoms with Gasteiger partial charge in [-0.3, -0.25) is 14.6 Å². The molecule has 134 valence electrons. The van der Waals surface area contributed by atoms with Gasteiger partial charge in [0.05, 0.1) is 19.3 Å². The summed E-state index contributed by atoms with van der Waals surface area (Å²) in [5.74, 6) is 1.62. The largest absolute Gasteiger partial charge is 0.497 e. The fraction of sp³-hybridized carbons (Fsp3) is 0.444. The fourth-order valence-electron chi connectivity index (χ4n) is 2.91. The topological polar surface area (TPSA) is 70.8 Å². The number of carbonyl (C=O) groups is 1. The zero-order chi connectivity index (χ0) is 17.6. The molecule has 0 aliphatic carbocycles. The molecular formula is C18H24N4O3. The van der Waals surface area contributed by atoms with Crippen LogP contribution >= 0.6 is 0 Å². The lowest BCUT2D eigenvalue weighted by atomic mass is 10.2. The predicted octanol–water partition coefficient (Wildman–Crippen LogP) is 1.75. The number of carbonyl (C=O) groups excluding carboxylic acids is 1. The van der Waals surface area contributed by atoms with Crippen molar-refractivity contribution < 1.29 is 14.1 Å². The van der Waals surface area contributed by atoms with Crippen LogP contribution in [0.5, 0.6) is 5.75 Å². The summed E-state index contributed by atoms with van der Waals surface area (Å²) < 4.78 is 10.2. The van der Waals surface area contributed by atoms with Gasteiger partial charge in [-0.05, 0) is 31.2 Å². The summed E-state index contributed by atoms with van der Waals surface area (Å²) in [7, 11) is 1.62. The maximum Gasteiger partial charge on any atom is 0.238 e. The van der Waals surface area contributed by atoms with Gasteiger partial charge < -0.3 is 14.6 Å². The van der Waals surface area contributed by atoms with Gasteiger partial charge in [-0.1, -0.05) is 5.16 Å². The summed E-state index contributed by atoms with van der Waals surface area (Å²) in [6.07, 6.45) is 0. The number of piperazine rings is 1. The number of anilines is 1. The number of ether oxygens (including phenoxy) is 1. The number of methoxy groups -OCH3 is 1. The van der Waals surface area contributed by atoms with Crippen LogP contribution in [-0.4, -0.2) is 60.7 Å². The molecule has 1 aromatic heterocycles. The van der Waals surface area contributed by atoms with Gasteiger partial charge in [-0.15, -0.1) is 0 Å². The second kappa shape index (κ2) is 8.13. The first-order chi connectivity index (χ1) is 12.1. The molecule has 1 aromatic carbocycles. The maximum atomic E-state index is 12.2. The van der Waals surface area contributed by atoms with Crippen molar-refractivity contribution in [2.75, 3.05) is 45.2 Å². The van der Waals surface area contributed by atoms with E-state index in [9.17, 15) is 4.79 Å². The molecule has 0 bridgehead atoms. The highest BCUT2D eigenvalue weighted by Crippen LogP contribution is 2.15. The Hall–Kier alpha value is -2.38. The van der Waals surface area contributed by atoms with Crippen molar-refractivity contribution in [3.63, 3.8) is 0 Å². The minimum atomic E-state index is 0.00532. The van der Waals surface area contributed by atoms with Gasteiger partial charge in [0, 0.05) is 44.5 Å². The van der Waals surface area contributed by atoms with E-state index in [4.69, 9.17) is 9.26 Å². The number of amides is 1. The Morgan fingerprint density at radius 3 is 2.48 bits per heavy atom. The van der Waals surface area contributed by atoms with Crippen molar-refractivity contribution in [1.82, 2.24) is 15.0 Å². The third kappa shape index (κ3) is 5.04. The van der Waals surface area contributed by atoms with Gasteiger partial charge in [0.15, 0.2) is 0 Å². The molecule has 0 radical (unpaired) electrons. The summed E-state index contributed by atoms with van der Waals surface area (Å²) in [5.41, 5.74) is 1.74. The van der Waals surface area contributed by atoms with Gasteiger partial charge >= 0.3 is 0 Å². The van der Waals surface area contributed by atoms with Crippen LogP contribution < -0.4 is 10.1 Å². The van der Waals surface area contributed by atoms with E-state index in [0.29, 0.717) is 6.54 Å². The number of nitrogens with zero attached hydrogens (tertiary/aromatic N) is 3. The Morgan fingerprint density at radius 2 is 1.88 bits per heavy atom. The number of hydrogen-bond acceptors (Lipinski definition) is 6. The zero-order valence-electron chi connectivity index (χ0n) is 14.7. The standard InChI is InChI=1S/C18H24N4O3/c1-14-11-16(20-25-14)12-21-7-9-22(10-8-21)13-18(23)19-15-3-5-17(24-2)6-4-15/h3-6,11H,7-10,12-13H2,1-2H3,(H,19,23). The molecule has 7 heteroatoms. The van der Waals surface area contributed by atoms with Crippen LogP contribution in [0.15, 0.2) is 34.9 Å². The van der Waals surface area contributed by atoms with Crippen LogP contribution in [0, 0.1) is 6.92 Å². The van der Waals surface area contributed by atoms with Crippen molar-refractivity contribution in [1.29, 1.82) is 0 Å². The van der Waals surface area contributed by atoms with Crippen molar-refractivity contribution >= 4 is 11.6 Å². The Bertz CT molecular complexity index is 691. The van der Waals surface area contributed by atoms with E-state index in [2.05, 4.69) is 20.3 Å². The second-order valence-electron chi connectivity index (χ2n) is 6.26. The van der Waals surface area contributed by atoms with E-state index >= 15 is 0 Å². The summed E-state index contributed by atoms with van der Waals surface area (Å²) in [6.45, 7) is 6.67. The van der Waals surface area contributed by atoms with Crippen molar-refractivity contribution in [2.45, 2.75) is 13.5 Å². The first-order valence-corrected chi connectivity index (χ1v) is 8.43. The lowest BCUT2D eigenvalue weighted by Gasteiger charge is -2.33. The normalized spacial score (nSPS) is 15.9. The molecule has 1 saturated heterocycles. The van der Waals surface area contributed by atoms with Crippen molar-refractivity contribution in [3.05, 3.63) is 41.8 Å². The molecule has 0 unspecified atom stereocenters.